The van der Waals surface area contributed by atoms with Crippen molar-refractivity contribution >= 4 is 5.65 Å². The highest BCUT2D eigenvalue weighted by Crippen LogP contribution is 2.31. The molecule has 3 heterocycles. The van der Waals surface area contributed by atoms with Crippen molar-refractivity contribution in [2.45, 2.75) is 26.2 Å². The maximum absolute atomic E-state index is 12.7. The minimum atomic E-state index is -0.151. The molecule has 1 aliphatic carbocycles. The van der Waals surface area contributed by atoms with Gasteiger partial charge in [0.25, 0.3) is 5.56 Å². The number of methoxy groups -OCH3 is 1. The zero-order valence-corrected chi connectivity index (χ0v) is 15.2. The summed E-state index contributed by atoms with van der Waals surface area (Å²) in [5.41, 5.74) is 6.94. The molecule has 0 saturated carbocycles. The van der Waals surface area contributed by atoms with Crippen LogP contribution in [0, 0.1) is 6.92 Å². The first-order chi connectivity index (χ1) is 13.2. The van der Waals surface area contributed by atoms with Gasteiger partial charge in [0.2, 0.25) is 0 Å². The Balaban J connectivity index is 1.70. The summed E-state index contributed by atoms with van der Waals surface area (Å²) in [6.07, 6.45) is 3.09. The molecule has 0 fully saturated rings. The van der Waals surface area contributed by atoms with Gasteiger partial charge in [0.15, 0.2) is 5.65 Å². The topological polar surface area (TPSA) is 88.1 Å². The molecule has 0 saturated heterocycles. The van der Waals surface area contributed by atoms with Gasteiger partial charge in [-0.3, -0.25) is 15.0 Å². The Morgan fingerprint density at radius 2 is 2.11 bits per heavy atom. The first kappa shape index (κ1) is 15.9. The van der Waals surface area contributed by atoms with Crippen molar-refractivity contribution in [3.63, 3.8) is 0 Å². The van der Waals surface area contributed by atoms with E-state index in [9.17, 15) is 4.79 Å². The Labute approximate surface area is 155 Å². The predicted molar refractivity (Wildman–Crippen MR) is 102 cm³/mol. The quantitative estimate of drug-likeness (QED) is 0.587. The Bertz CT molecular complexity index is 1230. The van der Waals surface area contributed by atoms with Crippen LogP contribution in [0.5, 0.6) is 5.75 Å². The fourth-order valence-electron chi connectivity index (χ4n) is 3.86. The highest BCUT2D eigenvalue weighted by atomic mass is 16.5. The lowest BCUT2D eigenvalue weighted by atomic mass is 10.1. The van der Waals surface area contributed by atoms with Gasteiger partial charge in [-0.05, 0) is 38.3 Å². The van der Waals surface area contributed by atoms with Gasteiger partial charge in [-0.25, -0.2) is 9.50 Å². The SMILES string of the molecule is COc1cccc(-c2[nH]n3c(=O)cc(-c4n[nH]c5c4CCC5)nc3c2C)c1. The zero-order chi connectivity index (χ0) is 18.5. The maximum Gasteiger partial charge on any atom is 0.273 e. The summed E-state index contributed by atoms with van der Waals surface area (Å²) in [5, 5.41) is 10.7. The van der Waals surface area contributed by atoms with Crippen LogP contribution < -0.4 is 10.3 Å². The van der Waals surface area contributed by atoms with E-state index in [1.165, 1.54) is 10.1 Å². The fraction of sp³-hybridized carbons (Fsp3) is 0.250. The Hall–Kier alpha value is -3.35. The first-order valence-corrected chi connectivity index (χ1v) is 8.99. The number of hydrogen-bond donors (Lipinski definition) is 2. The number of rotatable bonds is 3. The molecule has 7 heteroatoms. The van der Waals surface area contributed by atoms with Crippen LogP contribution in [0.4, 0.5) is 0 Å². The van der Waals surface area contributed by atoms with Crippen molar-refractivity contribution < 1.29 is 4.74 Å². The van der Waals surface area contributed by atoms with Crippen molar-refractivity contribution in [1.82, 2.24) is 24.8 Å². The third kappa shape index (κ3) is 2.38. The second-order valence-electron chi connectivity index (χ2n) is 6.87. The standard InChI is InChI=1S/C20H19N5O2/c1-11-18(12-5-3-6-13(9-12)27-2)24-25-17(26)10-16(21-20(11)25)19-14-7-4-8-15(14)22-23-19/h3,5-6,9-10,24H,4,7-8H2,1-2H3,(H,22,23). The normalized spacial score (nSPS) is 13.3. The second-order valence-corrected chi connectivity index (χ2v) is 6.87. The molecule has 0 atom stereocenters. The number of aromatic nitrogens is 5. The van der Waals surface area contributed by atoms with Gasteiger partial charge in [0, 0.05) is 28.5 Å². The summed E-state index contributed by atoms with van der Waals surface area (Å²) in [6.45, 7) is 1.96. The number of H-pyrrole nitrogens is 2. The lowest BCUT2D eigenvalue weighted by Gasteiger charge is -2.03. The Morgan fingerprint density at radius 1 is 1.22 bits per heavy atom. The highest BCUT2D eigenvalue weighted by Gasteiger charge is 2.22. The molecule has 136 valence electrons. The van der Waals surface area contributed by atoms with Crippen LogP contribution in [0.1, 0.15) is 23.2 Å². The minimum Gasteiger partial charge on any atom is -0.497 e. The summed E-state index contributed by atoms with van der Waals surface area (Å²) in [4.78, 5) is 17.5. The third-order valence-corrected chi connectivity index (χ3v) is 5.26. The van der Waals surface area contributed by atoms with E-state index in [1.807, 2.05) is 31.2 Å². The molecule has 0 radical (unpaired) electrons. The van der Waals surface area contributed by atoms with Crippen LogP contribution in [0.15, 0.2) is 35.1 Å². The van der Waals surface area contributed by atoms with Crippen molar-refractivity contribution in [3.8, 4) is 28.4 Å². The maximum atomic E-state index is 12.7. The largest absolute Gasteiger partial charge is 0.497 e. The molecule has 3 aromatic heterocycles. The average molecular weight is 361 g/mol. The van der Waals surface area contributed by atoms with E-state index in [4.69, 9.17) is 9.72 Å². The molecule has 2 N–H and O–H groups in total. The number of ether oxygens (including phenoxy) is 1. The monoisotopic (exact) mass is 361 g/mol. The van der Waals surface area contributed by atoms with Gasteiger partial charge in [0.05, 0.1) is 18.5 Å². The molecule has 7 nitrogen and oxygen atoms in total. The van der Waals surface area contributed by atoms with E-state index in [2.05, 4.69) is 15.3 Å². The van der Waals surface area contributed by atoms with Gasteiger partial charge in [0.1, 0.15) is 11.4 Å². The Morgan fingerprint density at radius 3 is 2.96 bits per heavy atom. The molecule has 0 spiro atoms. The van der Waals surface area contributed by atoms with E-state index in [0.717, 1.165) is 53.2 Å². The summed E-state index contributed by atoms with van der Waals surface area (Å²) in [5.74, 6) is 0.763. The number of hydrogen-bond acceptors (Lipinski definition) is 4. The van der Waals surface area contributed by atoms with E-state index in [1.54, 1.807) is 13.2 Å². The fourth-order valence-corrected chi connectivity index (χ4v) is 3.86. The van der Waals surface area contributed by atoms with Gasteiger partial charge in [-0.1, -0.05) is 12.1 Å². The van der Waals surface area contributed by atoms with Gasteiger partial charge >= 0.3 is 0 Å². The van der Waals surface area contributed by atoms with Crippen molar-refractivity contribution in [2.75, 3.05) is 7.11 Å². The van der Waals surface area contributed by atoms with Gasteiger partial charge in [-0.2, -0.15) is 5.10 Å². The summed E-state index contributed by atoms with van der Waals surface area (Å²) >= 11 is 0. The van der Waals surface area contributed by atoms with Crippen molar-refractivity contribution in [3.05, 3.63) is 57.5 Å². The number of aryl methyl sites for hydroxylation is 2. The van der Waals surface area contributed by atoms with Crippen molar-refractivity contribution in [1.29, 1.82) is 0 Å². The molecule has 0 unspecified atom stereocenters. The third-order valence-electron chi connectivity index (χ3n) is 5.26. The lowest BCUT2D eigenvalue weighted by molar-refractivity contribution is 0.415. The Kier molecular flexibility index (Phi) is 3.43. The number of fused-ring (bicyclic) bond motifs is 2. The average Bonchev–Trinajstić information content (AvgIpc) is 3.37. The second kappa shape index (κ2) is 5.84. The summed E-state index contributed by atoms with van der Waals surface area (Å²) in [7, 11) is 1.64. The van der Waals surface area contributed by atoms with Gasteiger partial charge < -0.3 is 4.74 Å². The van der Waals surface area contributed by atoms with E-state index in [0.29, 0.717) is 11.3 Å². The van der Waals surface area contributed by atoms with Crippen LogP contribution >= 0.6 is 0 Å². The predicted octanol–water partition coefficient (Wildman–Crippen LogP) is 2.89. The molecule has 0 amide bonds. The number of benzene rings is 1. The molecule has 0 bridgehead atoms. The molecular formula is C20H19N5O2. The molecular weight excluding hydrogens is 342 g/mol. The summed E-state index contributed by atoms with van der Waals surface area (Å²) in [6, 6.07) is 9.28. The van der Waals surface area contributed by atoms with Crippen LogP contribution in [0.2, 0.25) is 0 Å². The van der Waals surface area contributed by atoms with Crippen LogP contribution in [-0.4, -0.2) is 31.9 Å². The zero-order valence-electron chi connectivity index (χ0n) is 15.2. The van der Waals surface area contributed by atoms with Crippen LogP contribution in [-0.2, 0) is 12.8 Å². The summed E-state index contributed by atoms with van der Waals surface area (Å²) < 4.78 is 6.80. The molecule has 0 aliphatic heterocycles. The van der Waals surface area contributed by atoms with Crippen LogP contribution in [0.25, 0.3) is 28.3 Å². The van der Waals surface area contributed by atoms with E-state index >= 15 is 0 Å². The van der Waals surface area contributed by atoms with Crippen molar-refractivity contribution in [2.24, 2.45) is 0 Å². The molecule has 5 rings (SSSR count). The number of nitrogens with zero attached hydrogens (tertiary/aromatic N) is 3. The smallest absolute Gasteiger partial charge is 0.273 e. The van der Waals surface area contributed by atoms with Gasteiger partial charge in [-0.15, -0.1) is 0 Å². The molecule has 4 aromatic rings. The number of aromatic amines is 2. The van der Waals surface area contributed by atoms with E-state index in [-0.39, 0.29) is 5.56 Å². The number of nitrogens with one attached hydrogen (secondary N) is 2. The lowest BCUT2D eigenvalue weighted by Crippen LogP contribution is -2.14. The van der Waals surface area contributed by atoms with Crippen LogP contribution in [0.3, 0.4) is 0 Å². The minimum absolute atomic E-state index is 0.151. The molecule has 1 aromatic carbocycles. The first-order valence-electron chi connectivity index (χ1n) is 8.99. The highest BCUT2D eigenvalue weighted by molar-refractivity contribution is 5.73. The van der Waals surface area contributed by atoms with E-state index < -0.39 is 0 Å². The molecule has 27 heavy (non-hydrogen) atoms. The molecule has 1 aliphatic rings.